The van der Waals surface area contributed by atoms with Crippen LogP contribution in [0.25, 0.3) is 0 Å². The SMILES string of the molecule is COc1ncnc(NS(=O)(=O)c2ccc(N[C@@H]3O[C@H](C(=O)[O-])[C@@H](O)[C@H](O)[C@H]3O)cc2)c1OC.[NH4+]. The van der Waals surface area contributed by atoms with Gasteiger partial charge in [-0.1, -0.05) is 0 Å². The lowest BCUT2D eigenvalue weighted by Gasteiger charge is -2.41. The number of anilines is 2. The van der Waals surface area contributed by atoms with Gasteiger partial charge in [-0.3, -0.25) is 4.72 Å². The lowest BCUT2D eigenvalue weighted by atomic mass is 9.98. The fourth-order valence-corrected chi connectivity index (χ4v) is 4.05. The summed E-state index contributed by atoms with van der Waals surface area (Å²) in [6.45, 7) is 0. The number of quaternary nitrogens is 1. The maximum absolute atomic E-state index is 12.7. The van der Waals surface area contributed by atoms with Crippen LogP contribution in [0, 0.1) is 0 Å². The molecule has 2 heterocycles. The Morgan fingerprint density at radius 3 is 2.26 bits per heavy atom. The van der Waals surface area contributed by atoms with Crippen molar-refractivity contribution in [2.24, 2.45) is 0 Å². The standard InChI is InChI=1S/C18H22N4O10S.H3N/c1-30-14-15(19-7-20-17(14)31-2)22-33(28,29)9-5-3-8(4-6-9)21-16-12(25)10(23)11(24)13(32-16)18(26)27;/h3-7,10-13,16,21,23-25H,1-2H3,(H,26,27)(H,19,20,22);1H3/t10-,11-,12+,13-,16+;/m0./s1. The van der Waals surface area contributed by atoms with Crippen molar-refractivity contribution in [3.05, 3.63) is 30.6 Å². The number of ether oxygens (including phenoxy) is 3. The molecule has 1 fully saturated rings. The van der Waals surface area contributed by atoms with Crippen molar-refractivity contribution < 1.29 is 47.8 Å². The molecule has 3 rings (SSSR count). The van der Waals surface area contributed by atoms with E-state index in [0.29, 0.717) is 0 Å². The normalized spacial score (nSPS) is 24.4. The topological polar surface area (TPSA) is 249 Å². The number of hydrogen-bond acceptors (Lipinski definition) is 13. The second-order valence-electron chi connectivity index (χ2n) is 6.81. The van der Waals surface area contributed by atoms with Gasteiger partial charge in [0.05, 0.1) is 25.1 Å². The van der Waals surface area contributed by atoms with Gasteiger partial charge in [0.15, 0.2) is 12.0 Å². The van der Waals surface area contributed by atoms with Crippen LogP contribution in [0.4, 0.5) is 11.5 Å². The first-order chi connectivity index (χ1) is 15.6. The Hall–Kier alpha value is -3.28. The third kappa shape index (κ3) is 5.44. The van der Waals surface area contributed by atoms with Crippen LogP contribution in [0.5, 0.6) is 11.6 Å². The minimum atomic E-state index is -4.11. The zero-order chi connectivity index (χ0) is 24.3. The molecule has 2 aromatic rings. The number of hydrogen-bond donors (Lipinski definition) is 6. The predicted octanol–water partition coefficient (Wildman–Crippen LogP) is -2.36. The summed E-state index contributed by atoms with van der Waals surface area (Å²) >= 11 is 0. The molecule has 16 heteroatoms. The van der Waals surface area contributed by atoms with Crippen LogP contribution in [0.15, 0.2) is 35.5 Å². The van der Waals surface area contributed by atoms with E-state index in [4.69, 9.17) is 14.2 Å². The van der Waals surface area contributed by atoms with Gasteiger partial charge in [-0.05, 0) is 24.3 Å². The second-order valence-corrected chi connectivity index (χ2v) is 8.49. The minimum Gasteiger partial charge on any atom is -0.547 e. The van der Waals surface area contributed by atoms with Crippen molar-refractivity contribution in [1.82, 2.24) is 16.1 Å². The van der Waals surface area contributed by atoms with Crippen LogP contribution >= 0.6 is 0 Å². The smallest absolute Gasteiger partial charge is 0.263 e. The quantitative estimate of drug-likeness (QED) is 0.221. The van der Waals surface area contributed by atoms with E-state index in [-0.39, 0.29) is 34.2 Å². The van der Waals surface area contributed by atoms with Gasteiger partial charge in [0.1, 0.15) is 30.7 Å². The maximum atomic E-state index is 12.7. The Bertz CT molecular complexity index is 1100. The number of aromatic nitrogens is 2. The number of aliphatic hydroxyl groups is 3. The molecule has 1 aromatic carbocycles. The van der Waals surface area contributed by atoms with E-state index in [0.717, 1.165) is 6.33 Å². The molecule has 0 radical (unpaired) electrons. The van der Waals surface area contributed by atoms with Crippen molar-refractivity contribution in [1.29, 1.82) is 0 Å². The van der Waals surface area contributed by atoms with Crippen LogP contribution < -0.4 is 30.8 Å². The Kier molecular flexibility index (Phi) is 8.54. The summed E-state index contributed by atoms with van der Waals surface area (Å²) in [7, 11) is -1.49. The monoisotopic (exact) mass is 503 g/mol. The van der Waals surface area contributed by atoms with E-state index in [1.165, 1.54) is 38.5 Å². The molecular formula is C18H25N5O10S. The summed E-state index contributed by atoms with van der Waals surface area (Å²) in [5.41, 5.74) is 0.222. The Morgan fingerprint density at radius 2 is 1.71 bits per heavy atom. The van der Waals surface area contributed by atoms with Crippen molar-refractivity contribution >= 4 is 27.5 Å². The second kappa shape index (κ2) is 10.8. The number of nitrogens with one attached hydrogen (secondary N) is 2. The number of aliphatic hydroxyl groups excluding tert-OH is 3. The van der Waals surface area contributed by atoms with Gasteiger partial charge < -0.3 is 50.9 Å². The largest absolute Gasteiger partial charge is 0.547 e. The number of carbonyl (C=O) groups excluding carboxylic acids is 1. The highest BCUT2D eigenvalue weighted by molar-refractivity contribution is 7.92. The molecule has 15 nitrogen and oxygen atoms in total. The van der Waals surface area contributed by atoms with Gasteiger partial charge in [-0.15, -0.1) is 0 Å². The molecule has 0 spiro atoms. The minimum absolute atomic E-state index is 0. The van der Waals surface area contributed by atoms with Crippen molar-refractivity contribution in [2.75, 3.05) is 24.3 Å². The van der Waals surface area contributed by atoms with E-state index in [9.17, 15) is 33.6 Å². The highest BCUT2D eigenvalue weighted by Gasteiger charge is 2.44. The zero-order valence-electron chi connectivity index (χ0n) is 18.3. The Labute approximate surface area is 194 Å². The molecule has 1 saturated heterocycles. The van der Waals surface area contributed by atoms with Crippen molar-refractivity contribution in [3.8, 4) is 11.6 Å². The van der Waals surface area contributed by atoms with Crippen LogP contribution in [-0.4, -0.2) is 84.5 Å². The molecule has 1 aromatic heterocycles. The number of aliphatic carboxylic acids is 1. The summed E-state index contributed by atoms with van der Waals surface area (Å²) in [5.74, 6) is -1.91. The van der Waals surface area contributed by atoms with Crippen molar-refractivity contribution in [2.45, 2.75) is 35.5 Å². The average molecular weight is 503 g/mol. The first kappa shape index (κ1) is 27.0. The number of nitrogens with zero attached hydrogens (tertiary/aromatic N) is 2. The number of carboxylic acids is 1. The van der Waals surface area contributed by atoms with E-state index >= 15 is 0 Å². The maximum Gasteiger partial charge on any atom is 0.263 e. The number of methoxy groups -OCH3 is 2. The third-order valence-electron chi connectivity index (χ3n) is 4.72. The van der Waals surface area contributed by atoms with E-state index in [1.807, 2.05) is 0 Å². The molecule has 1 aliphatic heterocycles. The van der Waals surface area contributed by atoms with Crippen LogP contribution in [-0.2, 0) is 19.6 Å². The average Bonchev–Trinajstić information content (AvgIpc) is 2.79. The molecule has 0 unspecified atom stereocenters. The Morgan fingerprint density at radius 1 is 1.06 bits per heavy atom. The van der Waals surface area contributed by atoms with E-state index in [2.05, 4.69) is 20.0 Å². The summed E-state index contributed by atoms with van der Waals surface area (Å²) in [6, 6.07) is 5.06. The fourth-order valence-electron chi connectivity index (χ4n) is 3.03. The van der Waals surface area contributed by atoms with E-state index in [1.54, 1.807) is 0 Å². The molecule has 1 aliphatic rings. The number of sulfonamides is 1. The first-order valence-corrected chi connectivity index (χ1v) is 10.8. The number of carbonyl (C=O) groups is 1. The number of rotatable bonds is 8. The highest BCUT2D eigenvalue weighted by Crippen LogP contribution is 2.32. The summed E-state index contributed by atoms with van der Waals surface area (Å²) in [6.07, 6.45) is -7.61. The van der Waals surface area contributed by atoms with E-state index < -0.39 is 46.6 Å². The fraction of sp³-hybridized carbons (Fsp3) is 0.389. The molecule has 34 heavy (non-hydrogen) atoms. The molecule has 188 valence electrons. The molecule has 0 aliphatic carbocycles. The van der Waals surface area contributed by atoms with Gasteiger partial charge in [0.25, 0.3) is 15.9 Å². The van der Waals surface area contributed by atoms with Crippen LogP contribution in [0.3, 0.4) is 0 Å². The molecular weight excluding hydrogens is 478 g/mol. The van der Waals surface area contributed by atoms with Gasteiger partial charge in [0, 0.05) is 5.69 Å². The zero-order valence-corrected chi connectivity index (χ0v) is 19.1. The molecule has 9 N–H and O–H groups in total. The lowest BCUT2D eigenvalue weighted by molar-refractivity contribution is -0.331. The number of carboxylic acid groups (broad SMARTS) is 1. The van der Waals surface area contributed by atoms with Crippen molar-refractivity contribution in [3.63, 3.8) is 0 Å². The van der Waals surface area contributed by atoms with Crippen LogP contribution in [0.1, 0.15) is 0 Å². The Balaban J connectivity index is 0.00000408. The summed E-state index contributed by atoms with van der Waals surface area (Å²) in [5, 5.41) is 43.3. The van der Waals surface area contributed by atoms with Gasteiger partial charge >= 0.3 is 0 Å². The van der Waals surface area contributed by atoms with Crippen LogP contribution in [0.2, 0.25) is 0 Å². The third-order valence-corrected chi connectivity index (χ3v) is 6.07. The van der Waals surface area contributed by atoms with Gasteiger partial charge in [-0.25, -0.2) is 13.4 Å². The van der Waals surface area contributed by atoms with Gasteiger partial charge in [0.2, 0.25) is 5.75 Å². The lowest BCUT2D eigenvalue weighted by Crippen LogP contribution is -2.63. The predicted molar refractivity (Wildman–Crippen MR) is 114 cm³/mol. The molecule has 0 amide bonds. The highest BCUT2D eigenvalue weighted by atomic mass is 32.2. The number of benzene rings is 1. The van der Waals surface area contributed by atoms with Gasteiger partial charge in [-0.2, -0.15) is 4.98 Å². The molecule has 0 bridgehead atoms. The molecule has 0 saturated carbocycles. The first-order valence-electron chi connectivity index (χ1n) is 9.32. The summed E-state index contributed by atoms with van der Waals surface area (Å²) < 4.78 is 42.9. The molecule has 5 atom stereocenters. The summed E-state index contributed by atoms with van der Waals surface area (Å²) in [4.78, 5) is 18.6.